The number of piperazine rings is 1. The molecule has 0 aliphatic carbocycles. The average molecular weight is 462 g/mol. The van der Waals surface area contributed by atoms with Gasteiger partial charge < -0.3 is 20.3 Å². The number of hydrogen-bond donors (Lipinski definition) is 2. The highest BCUT2D eigenvalue weighted by Gasteiger charge is 2.23. The second-order valence-corrected chi connectivity index (χ2v) is 9.28. The Morgan fingerprint density at radius 1 is 1.09 bits per heavy atom. The maximum atomic E-state index is 12.5. The minimum Gasteiger partial charge on any atom is -0.367 e. The predicted molar refractivity (Wildman–Crippen MR) is 133 cm³/mol. The Bertz CT molecular complexity index is 954. The second-order valence-electron chi connectivity index (χ2n) is 9.28. The van der Waals surface area contributed by atoms with Gasteiger partial charge in [-0.2, -0.15) is 5.26 Å². The van der Waals surface area contributed by atoms with Crippen LogP contribution in [0.15, 0.2) is 48.5 Å². The number of nitrogens with zero attached hydrogens (tertiary/aromatic N) is 3. The van der Waals surface area contributed by atoms with Gasteiger partial charge in [-0.15, -0.1) is 0 Å². The van der Waals surface area contributed by atoms with Crippen LogP contribution in [0, 0.1) is 11.3 Å². The molecule has 2 fully saturated rings. The van der Waals surface area contributed by atoms with E-state index in [0.717, 1.165) is 56.8 Å². The molecule has 1 amide bonds. The molecule has 2 aliphatic heterocycles. The van der Waals surface area contributed by atoms with Crippen LogP contribution in [-0.2, 0) is 22.5 Å². The number of benzene rings is 2. The lowest BCUT2D eigenvalue weighted by molar-refractivity contribution is -0.132. The van der Waals surface area contributed by atoms with E-state index >= 15 is 0 Å². The second kappa shape index (κ2) is 12.1. The SMILES string of the molecule is CN1CCN(Cc2ccc(-c3ccc(C[C@@H](C#N)NC(=O)[C@@H]4CNCCCO4)cc3)cc2)CC1. The quantitative estimate of drug-likeness (QED) is 0.657. The van der Waals surface area contributed by atoms with Gasteiger partial charge in [0.05, 0.1) is 6.07 Å². The van der Waals surface area contributed by atoms with Gasteiger partial charge in [-0.25, -0.2) is 0 Å². The first-order chi connectivity index (χ1) is 16.6. The van der Waals surface area contributed by atoms with Gasteiger partial charge in [-0.1, -0.05) is 48.5 Å². The molecule has 2 saturated heterocycles. The van der Waals surface area contributed by atoms with Crippen LogP contribution < -0.4 is 10.6 Å². The van der Waals surface area contributed by atoms with Crippen molar-refractivity contribution in [3.63, 3.8) is 0 Å². The zero-order valence-electron chi connectivity index (χ0n) is 20.0. The molecule has 4 rings (SSSR count). The smallest absolute Gasteiger partial charge is 0.251 e. The van der Waals surface area contributed by atoms with Crippen molar-refractivity contribution in [2.75, 3.05) is 52.9 Å². The lowest BCUT2D eigenvalue weighted by Gasteiger charge is -2.32. The third-order valence-corrected chi connectivity index (χ3v) is 6.59. The molecule has 2 heterocycles. The summed E-state index contributed by atoms with van der Waals surface area (Å²) in [5.74, 6) is -0.228. The molecule has 2 aliphatic rings. The van der Waals surface area contributed by atoms with Crippen LogP contribution in [0.3, 0.4) is 0 Å². The van der Waals surface area contributed by atoms with E-state index in [1.165, 1.54) is 11.1 Å². The molecule has 2 N–H and O–H groups in total. The van der Waals surface area contributed by atoms with Crippen LogP contribution in [-0.4, -0.2) is 80.8 Å². The van der Waals surface area contributed by atoms with Crippen molar-refractivity contribution in [3.8, 4) is 17.2 Å². The van der Waals surface area contributed by atoms with Crippen molar-refractivity contribution in [2.45, 2.75) is 31.5 Å². The fraction of sp³-hybridized carbons (Fsp3) is 0.481. The Balaban J connectivity index is 1.30. The summed E-state index contributed by atoms with van der Waals surface area (Å²) in [6, 6.07) is 18.7. The molecule has 0 spiro atoms. The van der Waals surface area contributed by atoms with E-state index in [-0.39, 0.29) is 5.91 Å². The summed E-state index contributed by atoms with van der Waals surface area (Å²) in [5, 5.41) is 15.6. The van der Waals surface area contributed by atoms with Crippen molar-refractivity contribution < 1.29 is 9.53 Å². The molecule has 0 saturated carbocycles. The Morgan fingerprint density at radius 3 is 2.38 bits per heavy atom. The van der Waals surface area contributed by atoms with Gasteiger partial charge in [0.2, 0.25) is 0 Å². The average Bonchev–Trinajstić information content (AvgIpc) is 3.16. The number of carbonyl (C=O) groups excluding carboxylic acids is 1. The molecular weight excluding hydrogens is 426 g/mol. The molecule has 34 heavy (non-hydrogen) atoms. The van der Waals surface area contributed by atoms with E-state index in [1.54, 1.807) is 0 Å². The highest BCUT2D eigenvalue weighted by molar-refractivity contribution is 5.81. The Labute approximate surface area is 202 Å². The van der Waals surface area contributed by atoms with Crippen LogP contribution >= 0.6 is 0 Å². The van der Waals surface area contributed by atoms with Crippen molar-refractivity contribution in [2.24, 2.45) is 0 Å². The van der Waals surface area contributed by atoms with Gasteiger partial charge in [-0.05, 0) is 42.3 Å². The minimum atomic E-state index is -0.584. The molecule has 7 heteroatoms. The standard InChI is InChI=1S/C27H35N5O2/c1-31-12-14-32(15-13-31)20-22-5-9-24(10-6-22)23-7-3-21(4-8-23)17-25(18-28)30-27(33)26-19-29-11-2-16-34-26/h3-10,25-26,29H,2,11-17,19-20H2,1H3,(H,30,33)/t25-,26-/m0/s1. The van der Waals surface area contributed by atoms with Gasteiger partial charge in [0.15, 0.2) is 0 Å². The van der Waals surface area contributed by atoms with E-state index in [2.05, 4.69) is 69.9 Å². The number of hydrogen-bond acceptors (Lipinski definition) is 6. The Morgan fingerprint density at radius 2 is 1.74 bits per heavy atom. The molecule has 180 valence electrons. The van der Waals surface area contributed by atoms with E-state index < -0.39 is 12.1 Å². The molecule has 0 radical (unpaired) electrons. The Kier molecular flexibility index (Phi) is 8.67. The van der Waals surface area contributed by atoms with Crippen LogP contribution in [0.5, 0.6) is 0 Å². The van der Waals surface area contributed by atoms with Crippen molar-refractivity contribution in [1.29, 1.82) is 5.26 Å². The summed E-state index contributed by atoms with van der Waals surface area (Å²) in [5.41, 5.74) is 4.68. The van der Waals surface area contributed by atoms with Gasteiger partial charge >= 0.3 is 0 Å². The summed E-state index contributed by atoms with van der Waals surface area (Å²) in [7, 11) is 2.18. The van der Waals surface area contributed by atoms with Crippen molar-refractivity contribution in [1.82, 2.24) is 20.4 Å². The van der Waals surface area contributed by atoms with Crippen molar-refractivity contribution in [3.05, 3.63) is 59.7 Å². The van der Waals surface area contributed by atoms with Crippen LogP contribution in [0.25, 0.3) is 11.1 Å². The molecule has 7 nitrogen and oxygen atoms in total. The maximum absolute atomic E-state index is 12.5. The highest BCUT2D eigenvalue weighted by atomic mass is 16.5. The molecular formula is C27H35N5O2. The molecule has 2 aromatic rings. The number of carbonyl (C=O) groups is 1. The number of rotatable bonds is 7. The van der Waals surface area contributed by atoms with E-state index in [4.69, 9.17) is 4.74 Å². The number of amides is 1. The largest absolute Gasteiger partial charge is 0.367 e. The van der Waals surface area contributed by atoms with E-state index in [1.807, 2.05) is 12.1 Å². The van der Waals surface area contributed by atoms with Crippen LogP contribution in [0.4, 0.5) is 0 Å². The number of nitrogens with one attached hydrogen (secondary N) is 2. The first-order valence-corrected chi connectivity index (χ1v) is 12.2. The molecule has 2 aromatic carbocycles. The highest BCUT2D eigenvalue weighted by Crippen LogP contribution is 2.21. The first-order valence-electron chi connectivity index (χ1n) is 12.2. The summed E-state index contributed by atoms with van der Waals surface area (Å²) in [6.45, 7) is 7.38. The van der Waals surface area contributed by atoms with Crippen LogP contribution in [0.2, 0.25) is 0 Å². The van der Waals surface area contributed by atoms with Gasteiger partial charge in [0.1, 0.15) is 12.1 Å². The fourth-order valence-electron chi connectivity index (χ4n) is 4.41. The Hall–Kier alpha value is -2.76. The minimum absolute atomic E-state index is 0.228. The topological polar surface area (TPSA) is 80.6 Å². The van der Waals surface area contributed by atoms with Crippen LogP contribution in [0.1, 0.15) is 17.5 Å². The fourth-order valence-corrected chi connectivity index (χ4v) is 4.41. The summed E-state index contributed by atoms with van der Waals surface area (Å²) >= 11 is 0. The lowest BCUT2D eigenvalue weighted by Crippen LogP contribution is -2.46. The van der Waals surface area contributed by atoms with Gasteiger partial charge in [0, 0.05) is 52.3 Å². The number of ether oxygens (including phenoxy) is 1. The molecule has 2 atom stereocenters. The zero-order valence-corrected chi connectivity index (χ0v) is 20.0. The zero-order chi connectivity index (χ0) is 23.8. The molecule has 0 bridgehead atoms. The van der Waals surface area contributed by atoms with Gasteiger partial charge in [-0.3, -0.25) is 9.69 Å². The predicted octanol–water partition coefficient (Wildman–Crippen LogP) is 2.03. The normalized spacial score (nSPS) is 20.8. The lowest BCUT2D eigenvalue weighted by atomic mass is 10.00. The van der Waals surface area contributed by atoms with E-state index in [0.29, 0.717) is 19.6 Å². The number of likely N-dealkylation sites (N-methyl/N-ethyl adjacent to an activating group) is 1. The van der Waals surface area contributed by atoms with Gasteiger partial charge in [0.25, 0.3) is 5.91 Å². The van der Waals surface area contributed by atoms with Crippen molar-refractivity contribution >= 4 is 5.91 Å². The van der Waals surface area contributed by atoms with E-state index in [9.17, 15) is 10.1 Å². The summed E-state index contributed by atoms with van der Waals surface area (Å²) in [6.07, 6.45) is 0.809. The monoisotopic (exact) mass is 461 g/mol. The molecule has 0 aromatic heterocycles. The maximum Gasteiger partial charge on any atom is 0.251 e. The summed E-state index contributed by atoms with van der Waals surface area (Å²) < 4.78 is 5.59. The first kappa shape index (κ1) is 24.4. The summed E-state index contributed by atoms with van der Waals surface area (Å²) in [4.78, 5) is 17.4. The molecule has 0 unspecified atom stereocenters. The third kappa shape index (κ3) is 6.87. The number of nitriles is 1. The third-order valence-electron chi connectivity index (χ3n) is 6.59.